The molecule has 2 aromatic heterocycles. The number of thioether (sulfide) groups is 1. The average Bonchev–Trinajstić information content (AvgIpc) is 2.97. The maximum absolute atomic E-state index is 5.02. The summed E-state index contributed by atoms with van der Waals surface area (Å²) in [6.45, 7) is 1.67. The van der Waals surface area contributed by atoms with Gasteiger partial charge in [0.15, 0.2) is 5.16 Å². The summed E-state index contributed by atoms with van der Waals surface area (Å²) in [5, 5.41) is 11.1. The lowest BCUT2D eigenvalue weighted by atomic mass is 10.3. The molecule has 0 N–H and O–H groups in total. The van der Waals surface area contributed by atoms with E-state index in [0.717, 1.165) is 30.5 Å². The van der Waals surface area contributed by atoms with Crippen LogP contribution in [0.25, 0.3) is 0 Å². The second-order valence-corrected chi connectivity index (χ2v) is 5.57. The number of methoxy groups -OCH3 is 1. The van der Waals surface area contributed by atoms with E-state index in [2.05, 4.69) is 32.3 Å². The predicted octanol–water partition coefficient (Wildman–Crippen LogP) is 2.32. The zero-order valence-electron chi connectivity index (χ0n) is 9.70. The van der Waals surface area contributed by atoms with Crippen LogP contribution in [0.2, 0.25) is 0 Å². The smallest absolute Gasteiger partial charge is 0.191 e. The minimum absolute atomic E-state index is 0.739. The molecule has 0 radical (unpaired) electrons. The fourth-order valence-electron chi connectivity index (χ4n) is 1.41. The molecule has 0 atom stereocenters. The molecular weight excluding hydrogens is 254 g/mol. The first-order chi connectivity index (χ1) is 8.40. The molecule has 0 aliphatic carbocycles. The predicted molar refractivity (Wildman–Crippen MR) is 70.6 cm³/mol. The third-order valence-corrected chi connectivity index (χ3v) is 4.16. The van der Waals surface area contributed by atoms with Gasteiger partial charge >= 0.3 is 0 Å². The summed E-state index contributed by atoms with van der Waals surface area (Å²) in [6.07, 6.45) is 2.83. The lowest BCUT2D eigenvalue weighted by Crippen LogP contribution is -2.02. The van der Waals surface area contributed by atoms with Crippen LogP contribution in [0.1, 0.15) is 4.88 Å². The van der Waals surface area contributed by atoms with Gasteiger partial charge in [0.1, 0.15) is 6.33 Å². The Balaban J connectivity index is 1.85. The number of nitrogens with zero attached hydrogens (tertiary/aromatic N) is 3. The number of thiophene rings is 1. The Kier molecular flexibility index (Phi) is 5.03. The number of rotatable bonds is 7. The van der Waals surface area contributed by atoms with Crippen LogP contribution in [0.5, 0.6) is 0 Å². The van der Waals surface area contributed by atoms with Gasteiger partial charge in [-0.2, -0.15) is 0 Å². The van der Waals surface area contributed by atoms with Gasteiger partial charge in [0, 0.05) is 24.3 Å². The van der Waals surface area contributed by atoms with Crippen molar-refractivity contribution in [3.63, 3.8) is 0 Å². The lowest BCUT2D eigenvalue weighted by molar-refractivity contribution is 0.218. The van der Waals surface area contributed by atoms with Gasteiger partial charge in [-0.3, -0.25) is 0 Å². The van der Waals surface area contributed by atoms with Crippen LogP contribution >= 0.6 is 23.1 Å². The largest absolute Gasteiger partial charge is 0.384 e. The van der Waals surface area contributed by atoms with E-state index in [0.29, 0.717) is 0 Å². The van der Waals surface area contributed by atoms with Crippen molar-refractivity contribution in [1.82, 2.24) is 14.8 Å². The molecule has 92 valence electrons. The molecule has 4 nitrogen and oxygen atoms in total. The second-order valence-electron chi connectivity index (χ2n) is 3.48. The van der Waals surface area contributed by atoms with Crippen LogP contribution in [0, 0.1) is 0 Å². The summed E-state index contributed by atoms with van der Waals surface area (Å²) in [6, 6.07) is 4.24. The van der Waals surface area contributed by atoms with Crippen LogP contribution in [0.4, 0.5) is 0 Å². The Bertz CT molecular complexity index is 428. The first kappa shape index (κ1) is 12.6. The van der Waals surface area contributed by atoms with Crippen LogP contribution in [0.15, 0.2) is 29.0 Å². The first-order valence-corrected chi connectivity index (χ1v) is 7.28. The number of hydrogen-bond donors (Lipinski definition) is 0. The molecule has 2 heterocycles. The highest BCUT2D eigenvalue weighted by atomic mass is 32.2. The van der Waals surface area contributed by atoms with E-state index < -0.39 is 0 Å². The Labute approximate surface area is 109 Å². The van der Waals surface area contributed by atoms with Crippen LogP contribution in [-0.4, -0.2) is 34.2 Å². The maximum atomic E-state index is 5.02. The van der Waals surface area contributed by atoms with Gasteiger partial charge in [0.25, 0.3) is 0 Å². The lowest BCUT2D eigenvalue weighted by Gasteiger charge is -2.04. The quantitative estimate of drug-likeness (QED) is 0.571. The van der Waals surface area contributed by atoms with E-state index in [4.69, 9.17) is 4.74 Å². The van der Waals surface area contributed by atoms with Crippen LogP contribution in [0.3, 0.4) is 0 Å². The minimum Gasteiger partial charge on any atom is -0.384 e. The van der Waals surface area contributed by atoms with Crippen molar-refractivity contribution >= 4 is 23.1 Å². The van der Waals surface area contributed by atoms with Crippen molar-refractivity contribution in [2.75, 3.05) is 19.5 Å². The zero-order chi connectivity index (χ0) is 11.9. The zero-order valence-corrected chi connectivity index (χ0v) is 11.3. The molecule has 0 bridgehead atoms. The highest BCUT2D eigenvalue weighted by Crippen LogP contribution is 2.16. The van der Waals surface area contributed by atoms with Gasteiger partial charge in [0.05, 0.1) is 6.61 Å². The van der Waals surface area contributed by atoms with Gasteiger partial charge in [0.2, 0.25) is 0 Å². The molecule has 0 aliphatic rings. The van der Waals surface area contributed by atoms with Gasteiger partial charge in [-0.15, -0.1) is 21.5 Å². The fraction of sp³-hybridized carbons (Fsp3) is 0.455. The number of hydrogen-bond acceptors (Lipinski definition) is 5. The molecule has 0 aliphatic heterocycles. The standard InChI is InChI=1S/C11H15N3OS2/c1-15-6-8-17-11-13-12-9-14(11)5-4-10-3-2-7-16-10/h2-3,7,9H,4-6,8H2,1H3. The summed E-state index contributed by atoms with van der Waals surface area (Å²) in [5.74, 6) is 0.911. The third kappa shape index (κ3) is 3.83. The molecule has 0 aromatic carbocycles. The molecule has 2 aromatic rings. The topological polar surface area (TPSA) is 39.9 Å². The Hall–Kier alpha value is -0.850. The molecule has 0 spiro atoms. The van der Waals surface area contributed by atoms with Gasteiger partial charge < -0.3 is 9.30 Å². The Morgan fingerprint density at radius 1 is 1.53 bits per heavy atom. The van der Waals surface area contributed by atoms with Crippen molar-refractivity contribution in [1.29, 1.82) is 0 Å². The average molecular weight is 269 g/mol. The van der Waals surface area contributed by atoms with E-state index in [1.165, 1.54) is 4.88 Å². The summed E-state index contributed by atoms with van der Waals surface area (Å²) in [4.78, 5) is 1.39. The monoisotopic (exact) mass is 269 g/mol. The molecule has 17 heavy (non-hydrogen) atoms. The van der Waals surface area contributed by atoms with E-state index in [1.54, 1.807) is 36.5 Å². The van der Waals surface area contributed by atoms with Crippen molar-refractivity contribution < 1.29 is 4.74 Å². The van der Waals surface area contributed by atoms with Crippen LogP contribution < -0.4 is 0 Å². The molecule has 0 unspecified atom stereocenters. The van der Waals surface area contributed by atoms with Gasteiger partial charge in [-0.05, 0) is 17.9 Å². The van der Waals surface area contributed by atoms with Crippen molar-refractivity contribution in [2.45, 2.75) is 18.1 Å². The second kappa shape index (κ2) is 6.78. The van der Waals surface area contributed by atoms with Crippen molar-refractivity contribution in [3.8, 4) is 0 Å². The van der Waals surface area contributed by atoms with Gasteiger partial charge in [-0.25, -0.2) is 0 Å². The SMILES string of the molecule is COCCSc1nncn1CCc1cccs1. The summed E-state index contributed by atoms with van der Waals surface area (Å²) >= 11 is 3.47. The molecule has 0 amide bonds. The number of aromatic nitrogens is 3. The van der Waals surface area contributed by atoms with Crippen molar-refractivity contribution in [3.05, 3.63) is 28.7 Å². The molecule has 2 rings (SSSR count). The number of ether oxygens (including phenoxy) is 1. The first-order valence-electron chi connectivity index (χ1n) is 5.42. The number of aryl methyl sites for hydroxylation is 2. The molecule has 0 saturated heterocycles. The molecular formula is C11H15N3OS2. The van der Waals surface area contributed by atoms with Crippen molar-refractivity contribution in [2.24, 2.45) is 0 Å². The highest BCUT2D eigenvalue weighted by molar-refractivity contribution is 7.99. The fourth-order valence-corrected chi connectivity index (χ4v) is 2.95. The third-order valence-electron chi connectivity index (χ3n) is 2.28. The van der Waals surface area contributed by atoms with E-state index >= 15 is 0 Å². The normalized spacial score (nSPS) is 10.9. The summed E-state index contributed by atoms with van der Waals surface area (Å²) in [5.41, 5.74) is 0. The molecule has 0 saturated carbocycles. The van der Waals surface area contributed by atoms with E-state index in [1.807, 2.05) is 0 Å². The minimum atomic E-state index is 0.739. The summed E-state index contributed by atoms with van der Waals surface area (Å²) < 4.78 is 7.12. The molecule has 0 fully saturated rings. The molecule has 6 heteroatoms. The van der Waals surface area contributed by atoms with E-state index in [9.17, 15) is 0 Å². The maximum Gasteiger partial charge on any atom is 0.191 e. The highest BCUT2D eigenvalue weighted by Gasteiger charge is 2.05. The van der Waals surface area contributed by atoms with E-state index in [-0.39, 0.29) is 0 Å². The summed E-state index contributed by atoms with van der Waals surface area (Å²) in [7, 11) is 1.71. The van der Waals surface area contributed by atoms with Gasteiger partial charge in [-0.1, -0.05) is 17.8 Å². The Morgan fingerprint density at radius 3 is 3.24 bits per heavy atom. The Morgan fingerprint density at radius 2 is 2.47 bits per heavy atom. The van der Waals surface area contributed by atoms with Crippen LogP contribution in [-0.2, 0) is 17.7 Å².